The zero-order valence-electron chi connectivity index (χ0n) is 11.2. The lowest BCUT2D eigenvalue weighted by Crippen LogP contribution is -2.25. The van der Waals surface area contributed by atoms with Crippen molar-refractivity contribution in [2.24, 2.45) is 0 Å². The molecular formula is C14H19N3O3. The number of aliphatic hydroxyl groups excluding tert-OH is 1. The summed E-state index contributed by atoms with van der Waals surface area (Å²) < 4.78 is 5.11. The van der Waals surface area contributed by atoms with Gasteiger partial charge in [0.05, 0.1) is 24.4 Å². The van der Waals surface area contributed by atoms with Crippen molar-refractivity contribution in [3.05, 3.63) is 30.0 Å². The van der Waals surface area contributed by atoms with E-state index in [-0.39, 0.29) is 12.5 Å². The largest absolute Gasteiger partial charge is 0.397 e. The summed E-state index contributed by atoms with van der Waals surface area (Å²) >= 11 is 0. The maximum Gasteiger partial charge on any atom is 0.267 e. The number of nitrogen functional groups attached to an aromatic ring is 1. The van der Waals surface area contributed by atoms with Gasteiger partial charge in [-0.3, -0.25) is 4.79 Å². The average Bonchev–Trinajstić information content (AvgIpc) is 2.88. The molecule has 0 unspecified atom stereocenters. The normalized spacial score (nSPS) is 10.8. The van der Waals surface area contributed by atoms with Gasteiger partial charge in [0.25, 0.3) is 5.91 Å². The highest BCUT2D eigenvalue weighted by Crippen LogP contribution is 2.20. The number of ether oxygens (including phenoxy) is 1. The first-order valence-electron chi connectivity index (χ1n) is 6.56. The second-order valence-corrected chi connectivity index (χ2v) is 4.44. The van der Waals surface area contributed by atoms with Crippen molar-refractivity contribution in [3.63, 3.8) is 0 Å². The number of hydrogen-bond acceptors (Lipinski definition) is 4. The van der Waals surface area contributed by atoms with Crippen molar-refractivity contribution in [1.29, 1.82) is 0 Å². The molecule has 0 bridgehead atoms. The molecule has 6 nitrogen and oxygen atoms in total. The summed E-state index contributed by atoms with van der Waals surface area (Å²) in [6, 6.07) is 7.33. The highest BCUT2D eigenvalue weighted by Gasteiger charge is 2.09. The number of para-hydroxylation sites is 1. The van der Waals surface area contributed by atoms with E-state index < -0.39 is 0 Å². The van der Waals surface area contributed by atoms with Crippen molar-refractivity contribution in [2.75, 3.05) is 32.1 Å². The fraction of sp³-hybridized carbons (Fsp3) is 0.357. The van der Waals surface area contributed by atoms with Gasteiger partial charge in [-0.1, -0.05) is 12.1 Å². The highest BCUT2D eigenvalue weighted by atomic mass is 16.5. The Labute approximate surface area is 116 Å². The maximum absolute atomic E-state index is 12.0. The second-order valence-electron chi connectivity index (χ2n) is 4.44. The topological polar surface area (TPSA) is 100 Å². The third-order valence-corrected chi connectivity index (χ3v) is 2.92. The molecule has 2 rings (SSSR count). The van der Waals surface area contributed by atoms with Crippen LogP contribution in [0.3, 0.4) is 0 Å². The van der Waals surface area contributed by atoms with Crippen LogP contribution in [-0.2, 0) is 4.74 Å². The fourth-order valence-electron chi connectivity index (χ4n) is 1.94. The Morgan fingerprint density at radius 1 is 1.40 bits per heavy atom. The number of nitrogens with two attached hydrogens (primary N) is 1. The van der Waals surface area contributed by atoms with E-state index >= 15 is 0 Å². The number of H-pyrrole nitrogens is 1. The molecule has 0 saturated heterocycles. The second kappa shape index (κ2) is 6.93. The van der Waals surface area contributed by atoms with Crippen molar-refractivity contribution >= 4 is 22.5 Å². The Morgan fingerprint density at radius 3 is 3.00 bits per heavy atom. The minimum atomic E-state index is -0.164. The molecule has 6 heteroatoms. The predicted molar refractivity (Wildman–Crippen MR) is 77.6 cm³/mol. The van der Waals surface area contributed by atoms with Gasteiger partial charge < -0.3 is 25.9 Å². The summed E-state index contributed by atoms with van der Waals surface area (Å²) in [4.78, 5) is 15.0. The first-order chi connectivity index (χ1) is 9.72. The van der Waals surface area contributed by atoms with Gasteiger partial charge >= 0.3 is 0 Å². The molecule has 0 atom stereocenters. The minimum absolute atomic E-state index is 0.0167. The Balaban J connectivity index is 1.86. The van der Waals surface area contributed by atoms with Crippen LogP contribution in [0.5, 0.6) is 0 Å². The molecule has 20 heavy (non-hydrogen) atoms. The van der Waals surface area contributed by atoms with E-state index in [0.717, 1.165) is 10.9 Å². The standard InChI is InChI=1S/C14H19N3O3/c15-11-4-1-3-10-9-12(17-13(10)11)14(19)16-5-2-7-20-8-6-18/h1,3-4,9,17-18H,2,5-8,15H2,(H,16,19). The summed E-state index contributed by atoms with van der Waals surface area (Å²) in [7, 11) is 0. The summed E-state index contributed by atoms with van der Waals surface area (Å²) in [5.74, 6) is -0.164. The number of aromatic amines is 1. The van der Waals surface area contributed by atoms with E-state index in [4.69, 9.17) is 15.6 Å². The first-order valence-corrected chi connectivity index (χ1v) is 6.56. The lowest BCUT2D eigenvalue weighted by Gasteiger charge is -2.04. The lowest BCUT2D eigenvalue weighted by molar-refractivity contribution is 0.0866. The van der Waals surface area contributed by atoms with Gasteiger partial charge in [-0.2, -0.15) is 0 Å². The molecule has 1 heterocycles. The van der Waals surface area contributed by atoms with Gasteiger partial charge in [-0.15, -0.1) is 0 Å². The molecule has 0 fully saturated rings. The predicted octanol–water partition coefficient (Wildman–Crippen LogP) is 0.879. The molecule has 1 aromatic carbocycles. The fourth-order valence-corrected chi connectivity index (χ4v) is 1.94. The number of anilines is 1. The number of aliphatic hydroxyl groups is 1. The third-order valence-electron chi connectivity index (χ3n) is 2.92. The van der Waals surface area contributed by atoms with Crippen LogP contribution in [0.2, 0.25) is 0 Å². The number of carbonyl (C=O) groups is 1. The van der Waals surface area contributed by atoms with Gasteiger partial charge in [-0.05, 0) is 18.6 Å². The van der Waals surface area contributed by atoms with Gasteiger partial charge in [0.15, 0.2) is 0 Å². The van der Waals surface area contributed by atoms with Crippen LogP contribution in [0.1, 0.15) is 16.9 Å². The number of nitrogens with one attached hydrogen (secondary N) is 2. The smallest absolute Gasteiger partial charge is 0.267 e. The molecular weight excluding hydrogens is 258 g/mol. The molecule has 0 spiro atoms. The highest BCUT2D eigenvalue weighted by molar-refractivity contribution is 6.00. The molecule has 108 valence electrons. The molecule has 5 N–H and O–H groups in total. The van der Waals surface area contributed by atoms with Crippen LogP contribution >= 0.6 is 0 Å². The zero-order valence-corrected chi connectivity index (χ0v) is 11.2. The summed E-state index contributed by atoms with van der Waals surface area (Å²) in [6.45, 7) is 1.38. The van der Waals surface area contributed by atoms with Gasteiger partial charge in [0, 0.05) is 18.5 Å². The number of hydrogen-bond donors (Lipinski definition) is 4. The van der Waals surface area contributed by atoms with Gasteiger partial charge in [-0.25, -0.2) is 0 Å². The molecule has 0 aliphatic carbocycles. The molecule has 0 saturated carbocycles. The van der Waals surface area contributed by atoms with E-state index in [0.29, 0.717) is 37.6 Å². The lowest BCUT2D eigenvalue weighted by atomic mass is 10.2. The van der Waals surface area contributed by atoms with Crippen LogP contribution in [0.15, 0.2) is 24.3 Å². The van der Waals surface area contributed by atoms with E-state index in [1.807, 2.05) is 12.1 Å². The minimum Gasteiger partial charge on any atom is -0.397 e. The Kier molecular flexibility index (Phi) is 4.97. The van der Waals surface area contributed by atoms with Gasteiger partial charge in [0.1, 0.15) is 5.69 Å². The first kappa shape index (κ1) is 14.4. The Morgan fingerprint density at radius 2 is 2.25 bits per heavy atom. The van der Waals surface area contributed by atoms with Crippen molar-refractivity contribution in [3.8, 4) is 0 Å². The Hall–Kier alpha value is -2.05. The number of rotatable bonds is 7. The van der Waals surface area contributed by atoms with E-state index in [1.165, 1.54) is 0 Å². The maximum atomic E-state index is 12.0. The number of amides is 1. The molecule has 0 aliphatic heterocycles. The number of aromatic nitrogens is 1. The van der Waals surface area contributed by atoms with Crippen molar-refractivity contribution in [2.45, 2.75) is 6.42 Å². The van der Waals surface area contributed by atoms with Crippen LogP contribution in [-0.4, -0.2) is 42.4 Å². The SMILES string of the molecule is Nc1cccc2cc(C(=O)NCCCOCCO)[nH]c12. The van der Waals surface area contributed by atoms with Crippen LogP contribution in [0.25, 0.3) is 10.9 Å². The van der Waals surface area contributed by atoms with Crippen molar-refractivity contribution < 1.29 is 14.6 Å². The summed E-state index contributed by atoms with van der Waals surface area (Å²) in [5, 5.41) is 12.3. The number of fused-ring (bicyclic) bond motifs is 1. The average molecular weight is 277 g/mol. The van der Waals surface area contributed by atoms with E-state index in [9.17, 15) is 4.79 Å². The van der Waals surface area contributed by atoms with Crippen LogP contribution in [0, 0.1) is 0 Å². The monoisotopic (exact) mass is 277 g/mol. The summed E-state index contributed by atoms with van der Waals surface area (Å²) in [6.07, 6.45) is 0.702. The third kappa shape index (κ3) is 3.49. The summed E-state index contributed by atoms with van der Waals surface area (Å²) in [5.41, 5.74) is 7.74. The number of carbonyl (C=O) groups excluding carboxylic acids is 1. The molecule has 2 aromatic rings. The molecule has 0 radical (unpaired) electrons. The Bertz CT molecular complexity index is 580. The van der Waals surface area contributed by atoms with Crippen LogP contribution < -0.4 is 11.1 Å². The van der Waals surface area contributed by atoms with Gasteiger partial charge in [0.2, 0.25) is 0 Å². The van der Waals surface area contributed by atoms with E-state index in [1.54, 1.807) is 12.1 Å². The van der Waals surface area contributed by atoms with Crippen molar-refractivity contribution in [1.82, 2.24) is 10.3 Å². The number of benzene rings is 1. The quantitative estimate of drug-likeness (QED) is 0.446. The van der Waals surface area contributed by atoms with Crippen LogP contribution in [0.4, 0.5) is 5.69 Å². The van der Waals surface area contributed by atoms with E-state index in [2.05, 4.69) is 10.3 Å². The molecule has 0 aliphatic rings. The molecule has 1 aromatic heterocycles. The zero-order chi connectivity index (χ0) is 14.4. The molecule has 1 amide bonds.